The van der Waals surface area contributed by atoms with Crippen molar-refractivity contribution in [2.75, 3.05) is 11.5 Å². The van der Waals surface area contributed by atoms with Crippen LogP contribution in [0.5, 0.6) is 0 Å². The second-order valence-corrected chi connectivity index (χ2v) is 4.79. The molecule has 0 spiro atoms. The van der Waals surface area contributed by atoms with E-state index in [1.807, 2.05) is 48.5 Å². The summed E-state index contributed by atoms with van der Waals surface area (Å²) >= 11 is 0. The highest BCUT2D eigenvalue weighted by atomic mass is 14.6. The molecule has 0 atom stereocenters. The van der Waals surface area contributed by atoms with Crippen molar-refractivity contribution in [3.05, 3.63) is 72.8 Å². The summed E-state index contributed by atoms with van der Waals surface area (Å²) in [6.45, 7) is 0. The summed E-state index contributed by atoms with van der Waals surface area (Å²) in [4.78, 5) is 0. The van der Waals surface area contributed by atoms with E-state index < -0.39 is 0 Å². The first-order valence-corrected chi connectivity index (χ1v) is 6.55. The topological polar surface area (TPSA) is 52.0 Å². The Kier molecular flexibility index (Phi) is 3.13. The molecule has 0 unspecified atom stereocenters. The Morgan fingerprint density at radius 2 is 1.25 bits per heavy atom. The fourth-order valence-corrected chi connectivity index (χ4v) is 2.34. The zero-order chi connectivity index (χ0) is 13.9. The largest absolute Gasteiger partial charge is 0.399 e. The predicted octanol–water partition coefficient (Wildman–Crippen LogP) is 4.19. The Bertz CT molecular complexity index is 733. The van der Waals surface area contributed by atoms with Crippen molar-refractivity contribution in [3.8, 4) is 22.3 Å². The summed E-state index contributed by atoms with van der Waals surface area (Å²) in [5.41, 5.74) is 17.9. The van der Waals surface area contributed by atoms with Crippen molar-refractivity contribution in [2.24, 2.45) is 0 Å². The van der Waals surface area contributed by atoms with E-state index in [1.165, 1.54) is 0 Å². The number of rotatable bonds is 2. The van der Waals surface area contributed by atoms with Crippen molar-refractivity contribution in [3.63, 3.8) is 0 Å². The van der Waals surface area contributed by atoms with Gasteiger partial charge in [0.1, 0.15) is 0 Å². The van der Waals surface area contributed by atoms with Gasteiger partial charge in [-0.15, -0.1) is 0 Å². The van der Waals surface area contributed by atoms with Crippen LogP contribution in [0.1, 0.15) is 0 Å². The van der Waals surface area contributed by atoms with Crippen LogP contribution in [-0.2, 0) is 0 Å². The van der Waals surface area contributed by atoms with Gasteiger partial charge in [-0.25, -0.2) is 0 Å². The highest BCUT2D eigenvalue weighted by Gasteiger charge is 2.05. The van der Waals surface area contributed by atoms with Gasteiger partial charge >= 0.3 is 0 Å². The number of nitrogens with two attached hydrogens (primary N) is 2. The monoisotopic (exact) mass is 260 g/mol. The lowest BCUT2D eigenvalue weighted by Gasteiger charge is -2.09. The standard InChI is InChI=1S/C18H16N2/c19-16-8-4-7-14(11-16)15-9-10-17(18(20)12-15)13-5-2-1-3-6-13/h1-12H,19-20H2. The maximum Gasteiger partial charge on any atom is 0.0399 e. The summed E-state index contributed by atoms with van der Waals surface area (Å²) in [6, 6.07) is 24.1. The normalized spacial score (nSPS) is 10.4. The summed E-state index contributed by atoms with van der Waals surface area (Å²) in [5.74, 6) is 0. The molecule has 0 aliphatic carbocycles. The lowest BCUT2D eigenvalue weighted by atomic mass is 9.98. The van der Waals surface area contributed by atoms with Crippen LogP contribution in [0.15, 0.2) is 72.8 Å². The van der Waals surface area contributed by atoms with Gasteiger partial charge in [0, 0.05) is 16.9 Å². The van der Waals surface area contributed by atoms with E-state index in [1.54, 1.807) is 0 Å². The third-order valence-corrected chi connectivity index (χ3v) is 3.36. The zero-order valence-electron chi connectivity index (χ0n) is 11.1. The van der Waals surface area contributed by atoms with Gasteiger partial charge in [0.2, 0.25) is 0 Å². The second kappa shape index (κ2) is 5.10. The minimum atomic E-state index is 0.758. The molecule has 0 aliphatic rings. The summed E-state index contributed by atoms with van der Waals surface area (Å²) < 4.78 is 0. The average molecular weight is 260 g/mol. The molecule has 0 fully saturated rings. The van der Waals surface area contributed by atoms with Crippen molar-refractivity contribution in [2.45, 2.75) is 0 Å². The molecule has 0 amide bonds. The smallest absolute Gasteiger partial charge is 0.0399 e. The van der Waals surface area contributed by atoms with E-state index >= 15 is 0 Å². The van der Waals surface area contributed by atoms with E-state index in [2.05, 4.69) is 24.3 Å². The maximum absolute atomic E-state index is 6.20. The van der Waals surface area contributed by atoms with Crippen LogP contribution in [-0.4, -0.2) is 0 Å². The van der Waals surface area contributed by atoms with Crippen molar-refractivity contribution in [1.29, 1.82) is 0 Å². The van der Waals surface area contributed by atoms with E-state index in [9.17, 15) is 0 Å². The molecule has 0 saturated carbocycles. The Morgan fingerprint density at radius 1 is 0.550 bits per heavy atom. The van der Waals surface area contributed by atoms with Gasteiger partial charge in [-0.1, -0.05) is 54.6 Å². The highest BCUT2D eigenvalue weighted by Crippen LogP contribution is 2.31. The van der Waals surface area contributed by atoms with Crippen LogP contribution < -0.4 is 11.5 Å². The van der Waals surface area contributed by atoms with E-state index in [-0.39, 0.29) is 0 Å². The van der Waals surface area contributed by atoms with Crippen LogP contribution in [0.2, 0.25) is 0 Å². The molecule has 3 aromatic rings. The fraction of sp³-hybridized carbons (Fsp3) is 0. The third-order valence-electron chi connectivity index (χ3n) is 3.36. The third kappa shape index (κ3) is 2.36. The molecule has 0 radical (unpaired) electrons. The van der Waals surface area contributed by atoms with Gasteiger partial charge in [-0.3, -0.25) is 0 Å². The SMILES string of the molecule is Nc1cccc(-c2ccc(-c3ccccc3)c(N)c2)c1. The van der Waals surface area contributed by atoms with Gasteiger partial charge in [-0.2, -0.15) is 0 Å². The molecule has 2 nitrogen and oxygen atoms in total. The summed E-state index contributed by atoms with van der Waals surface area (Å²) in [6.07, 6.45) is 0. The second-order valence-electron chi connectivity index (χ2n) is 4.79. The first kappa shape index (κ1) is 12.3. The molecule has 3 aromatic carbocycles. The summed E-state index contributed by atoms with van der Waals surface area (Å²) in [7, 11) is 0. The molecule has 2 heteroatoms. The molecule has 0 aliphatic heterocycles. The van der Waals surface area contributed by atoms with Crippen LogP contribution in [0.25, 0.3) is 22.3 Å². The van der Waals surface area contributed by atoms with Crippen molar-refractivity contribution < 1.29 is 0 Å². The van der Waals surface area contributed by atoms with Gasteiger partial charge in [0.25, 0.3) is 0 Å². The number of hydrogen-bond acceptors (Lipinski definition) is 2. The van der Waals surface area contributed by atoms with E-state index in [0.717, 1.165) is 33.6 Å². The Labute approximate surface area is 118 Å². The number of benzene rings is 3. The van der Waals surface area contributed by atoms with Gasteiger partial charge in [-0.05, 0) is 34.9 Å². The van der Waals surface area contributed by atoms with E-state index in [4.69, 9.17) is 11.5 Å². The lowest BCUT2D eigenvalue weighted by Crippen LogP contribution is -1.91. The van der Waals surface area contributed by atoms with Crippen LogP contribution in [0.4, 0.5) is 11.4 Å². The first-order valence-electron chi connectivity index (χ1n) is 6.55. The highest BCUT2D eigenvalue weighted by molar-refractivity contribution is 5.81. The molecule has 3 rings (SSSR count). The number of nitrogen functional groups attached to an aromatic ring is 2. The number of hydrogen-bond donors (Lipinski definition) is 2. The fourth-order valence-electron chi connectivity index (χ4n) is 2.34. The predicted molar refractivity (Wildman–Crippen MR) is 86.1 cm³/mol. The molecule has 98 valence electrons. The quantitative estimate of drug-likeness (QED) is 0.679. The minimum Gasteiger partial charge on any atom is -0.399 e. The van der Waals surface area contributed by atoms with Crippen LogP contribution in [0.3, 0.4) is 0 Å². The average Bonchev–Trinajstić information content (AvgIpc) is 2.48. The molecule has 20 heavy (non-hydrogen) atoms. The van der Waals surface area contributed by atoms with E-state index in [0.29, 0.717) is 0 Å². The molecule has 0 aromatic heterocycles. The number of anilines is 2. The Balaban J connectivity index is 2.04. The van der Waals surface area contributed by atoms with Gasteiger partial charge < -0.3 is 11.5 Å². The molecule has 0 bridgehead atoms. The maximum atomic E-state index is 6.20. The Hall–Kier alpha value is -2.74. The van der Waals surface area contributed by atoms with Crippen LogP contribution in [0, 0.1) is 0 Å². The van der Waals surface area contributed by atoms with Crippen molar-refractivity contribution >= 4 is 11.4 Å². The summed E-state index contributed by atoms with van der Waals surface area (Å²) in [5, 5.41) is 0. The molecule has 0 heterocycles. The lowest BCUT2D eigenvalue weighted by molar-refractivity contribution is 1.58. The molecular weight excluding hydrogens is 244 g/mol. The zero-order valence-corrected chi connectivity index (χ0v) is 11.1. The first-order chi connectivity index (χ1) is 9.74. The van der Waals surface area contributed by atoms with Crippen LogP contribution >= 0.6 is 0 Å². The van der Waals surface area contributed by atoms with Gasteiger partial charge in [0.15, 0.2) is 0 Å². The molecule has 4 N–H and O–H groups in total. The Morgan fingerprint density at radius 3 is 1.95 bits per heavy atom. The minimum absolute atomic E-state index is 0.758. The van der Waals surface area contributed by atoms with Gasteiger partial charge in [0.05, 0.1) is 0 Å². The molecular formula is C18H16N2. The molecule has 0 saturated heterocycles. The van der Waals surface area contributed by atoms with Crippen molar-refractivity contribution in [1.82, 2.24) is 0 Å².